The van der Waals surface area contributed by atoms with E-state index in [1.165, 1.54) is 0 Å². The summed E-state index contributed by atoms with van der Waals surface area (Å²) in [6.45, 7) is 3.14. The standard InChI is InChI=1S/C6H13N3/c1-2-5-9-6(7)3-4-8-9/h3-4,6,8H,2,5,7H2,1H3. The molecule has 3 nitrogen and oxygen atoms in total. The van der Waals surface area contributed by atoms with Gasteiger partial charge in [-0.15, -0.1) is 0 Å². The number of nitrogens with one attached hydrogen (secondary N) is 1. The van der Waals surface area contributed by atoms with Crippen LogP contribution >= 0.6 is 0 Å². The van der Waals surface area contributed by atoms with Crippen LogP contribution < -0.4 is 11.2 Å². The van der Waals surface area contributed by atoms with Crippen LogP contribution in [-0.2, 0) is 0 Å². The minimum atomic E-state index is 0.0740. The van der Waals surface area contributed by atoms with Gasteiger partial charge in [-0.3, -0.25) is 0 Å². The number of hydrogen-bond acceptors (Lipinski definition) is 3. The van der Waals surface area contributed by atoms with Crippen LogP contribution in [0.15, 0.2) is 12.3 Å². The lowest BCUT2D eigenvalue weighted by molar-refractivity contribution is 0.204. The van der Waals surface area contributed by atoms with Crippen molar-refractivity contribution in [3.05, 3.63) is 12.3 Å². The molecule has 9 heavy (non-hydrogen) atoms. The summed E-state index contributed by atoms with van der Waals surface area (Å²) in [5, 5.41) is 2.00. The highest BCUT2D eigenvalue weighted by Crippen LogP contribution is 1.98. The summed E-state index contributed by atoms with van der Waals surface area (Å²) in [5.74, 6) is 0. The van der Waals surface area contributed by atoms with Crippen molar-refractivity contribution in [3.63, 3.8) is 0 Å². The summed E-state index contributed by atoms with van der Waals surface area (Å²) >= 11 is 0. The van der Waals surface area contributed by atoms with Gasteiger partial charge in [-0.05, 0) is 12.5 Å². The van der Waals surface area contributed by atoms with Gasteiger partial charge in [0.25, 0.3) is 0 Å². The van der Waals surface area contributed by atoms with E-state index in [1.54, 1.807) is 0 Å². The summed E-state index contributed by atoms with van der Waals surface area (Å²) in [4.78, 5) is 0. The third-order valence-electron chi connectivity index (χ3n) is 1.36. The Morgan fingerprint density at radius 3 is 3.00 bits per heavy atom. The third kappa shape index (κ3) is 1.43. The maximum Gasteiger partial charge on any atom is 0.0959 e. The van der Waals surface area contributed by atoms with Crippen molar-refractivity contribution in [2.45, 2.75) is 19.5 Å². The second-order valence-corrected chi connectivity index (χ2v) is 2.17. The molecule has 0 saturated carbocycles. The quantitative estimate of drug-likeness (QED) is 0.549. The Morgan fingerprint density at radius 1 is 1.78 bits per heavy atom. The van der Waals surface area contributed by atoms with E-state index in [9.17, 15) is 0 Å². The molecule has 1 heterocycles. The van der Waals surface area contributed by atoms with E-state index in [0.717, 1.165) is 13.0 Å². The minimum absolute atomic E-state index is 0.0740. The van der Waals surface area contributed by atoms with E-state index in [4.69, 9.17) is 5.73 Å². The van der Waals surface area contributed by atoms with Crippen molar-refractivity contribution in [2.75, 3.05) is 6.54 Å². The van der Waals surface area contributed by atoms with Crippen molar-refractivity contribution in [1.29, 1.82) is 0 Å². The fraction of sp³-hybridized carbons (Fsp3) is 0.667. The molecule has 0 aliphatic carbocycles. The zero-order valence-corrected chi connectivity index (χ0v) is 5.67. The summed E-state index contributed by atoms with van der Waals surface area (Å²) < 4.78 is 0. The third-order valence-corrected chi connectivity index (χ3v) is 1.36. The molecule has 0 aromatic carbocycles. The number of nitrogens with two attached hydrogens (primary N) is 1. The van der Waals surface area contributed by atoms with E-state index < -0.39 is 0 Å². The first-order chi connectivity index (χ1) is 4.34. The molecule has 1 aliphatic heterocycles. The van der Waals surface area contributed by atoms with E-state index in [0.29, 0.717) is 0 Å². The molecular weight excluding hydrogens is 114 g/mol. The molecule has 0 amide bonds. The smallest absolute Gasteiger partial charge is 0.0959 e. The molecule has 3 N–H and O–H groups in total. The Balaban J connectivity index is 2.28. The second-order valence-electron chi connectivity index (χ2n) is 2.17. The molecule has 1 aliphatic rings. The fourth-order valence-electron chi connectivity index (χ4n) is 0.882. The van der Waals surface area contributed by atoms with Gasteiger partial charge in [0.05, 0.1) is 6.17 Å². The topological polar surface area (TPSA) is 41.3 Å². The lowest BCUT2D eigenvalue weighted by Crippen LogP contribution is -2.42. The maximum absolute atomic E-state index is 5.64. The fourth-order valence-corrected chi connectivity index (χ4v) is 0.882. The molecule has 3 heteroatoms. The zero-order chi connectivity index (χ0) is 6.69. The van der Waals surface area contributed by atoms with Crippen LogP contribution in [0.1, 0.15) is 13.3 Å². The SMILES string of the molecule is CCCN1NC=CC1N. The summed E-state index contributed by atoms with van der Waals surface area (Å²) in [5.41, 5.74) is 8.68. The average Bonchev–Trinajstić information content (AvgIpc) is 2.18. The highest BCUT2D eigenvalue weighted by Gasteiger charge is 2.12. The highest BCUT2D eigenvalue weighted by molar-refractivity contribution is 4.94. The Kier molecular flexibility index (Phi) is 2.08. The van der Waals surface area contributed by atoms with Gasteiger partial charge in [0.2, 0.25) is 0 Å². The maximum atomic E-state index is 5.64. The van der Waals surface area contributed by atoms with Crippen molar-refractivity contribution in [2.24, 2.45) is 5.73 Å². The van der Waals surface area contributed by atoms with E-state index in [1.807, 2.05) is 17.3 Å². The van der Waals surface area contributed by atoms with Crippen LogP contribution in [0.2, 0.25) is 0 Å². The molecule has 0 saturated heterocycles. The molecule has 1 atom stereocenters. The number of hydrogen-bond donors (Lipinski definition) is 2. The Bertz CT molecular complexity index is 111. The first-order valence-electron chi connectivity index (χ1n) is 3.29. The molecule has 52 valence electrons. The molecule has 0 aromatic heterocycles. The molecule has 0 spiro atoms. The summed E-state index contributed by atoms with van der Waals surface area (Å²) in [6.07, 6.45) is 5.02. The normalized spacial score (nSPS) is 26.7. The number of rotatable bonds is 2. The minimum Gasteiger partial charge on any atom is -0.325 e. The lowest BCUT2D eigenvalue weighted by atomic mass is 10.4. The van der Waals surface area contributed by atoms with Gasteiger partial charge in [-0.2, -0.15) is 0 Å². The van der Waals surface area contributed by atoms with Gasteiger partial charge >= 0.3 is 0 Å². The Labute approximate surface area is 55.5 Å². The van der Waals surface area contributed by atoms with Crippen LogP contribution in [0, 0.1) is 0 Å². The lowest BCUT2D eigenvalue weighted by Gasteiger charge is -2.19. The molecule has 0 bridgehead atoms. The highest BCUT2D eigenvalue weighted by atomic mass is 15.5. The van der Waals surface area contributed by atoms with Gasteiger partial charge < -0.3 is 11.2 Å². The second kappa shape index (κ2) is 2.85. The predicted molar refractivity (Wildman–Crippen MR) is 37.2 cm³/mol. The molecular formula is C6H13N3. The van der Waals surface area contributed by atoms with E-state index >= 15 is 0 Å². The number of nitrogens with zero attached hydrogens (tertiary/aromatic N) is 1. The largest absolute Gasteiger partial charge is 0.325 e. The molecule has 1 rings (SSSR count). The van der Waals surface area contributed by atoms with Crippen LogP contribution in [0.4, 0.5) is 0 Å². The van der Waals surface area contributed by atoms with E-state index in [2.05, 4.69) is 12.3 Å². The van der Waals surface area contributed by atoms with Gasteiger partial charge in [0.15, 0.2) is 0 Å². The van der Waals surface area contributed by atoms with Crippen molar-refractivity contribution >= 4 is 0 Å². The molecule has 0 aromatic rings. The van der Waals surface area contributed by atoms with Crippen LogP contribution in [-0.4, -0.2) is 17.7 Å². The number of hydrazine groups is 1. The van der Waals surface area contributed by atoms with E-state index in [-0.39, 0.29) is 6.17 Å². The zero-order valence-electron chi connectivity index (χ0n) is 5.67. The molecule has 0 fully saturated rings. The van der Waals surface area contributed by atoms with Gasteiger partial charge in [-0.25, -0.2) is 5.01 Å². The Hall–Kier alpha value is -0.540. The monoisotopic (exact) mass is 127 g/mol. The van der Waals surface area contributed by atoms with Gasteiger partial charge in [0.1, 0.15) is 0 Å². The Morgan fingerprint density at radius 2 is 2.56 bits per heavy atom. The summed E-state index contributed by atoms with van der Waals surface area (Å²) in [6, 6.07) is 0. The van der Waals surface area contributed by atoms with Crippen LogP contribution in [0.5, 0.6) is 0 Å². The molecule has 1 unspecified atom stereocenters. The van der Waals surface area contributed by atoms with Crippen LogP contribution in [0.25, 0.3) is 0 Å². The first-order valence-corrected chi connectivity index (χ1v) is 3.29. The van der Waals surface area contributed by atoms with Crippen molar-refractivity contribution < 1.29 is 0 Å². The molecule has 0 radical (unpaired) electrons. The van der Waals surface area contributed by atoms with Gasteiger partial charge in [-0.1, -0.05) is 6.92 Å². The predicted octanol–water partition coefficient (Wildman–Crippen LogP) is 0.0151. The first kappa shape index (κ1) is 6.58. The van der Waals surface area contributed by atoms with Crippen molar-refractivity contribution in [1.82, 2.24) is 10.4 Å². The van der Waals surface area contributed by atoms with Crippen LogP contribution in [0.3, 0.4) is 0 Å². The summed E-state index contributed by atoms with van der Waals surface area (Å²) in [7, 11) is 0. The van der Waals surface area contributed by atoms with Gasteiger partial charge in [0, 0.05) is 12.7 Å². The van der Waals surface area contributed by atoms with Crippen molar-refractivity contribution in [3.8, 4) is 0 Å². The average molecular weight is 127 g/mol.